The molecule has 0 aromatic heterocycles. The molecule has 0 saturated carbocycles. The van der Waals surface area contributed by atoms with E-state index in [4.69, 9.17) is 4.74 Å². The van der Waals surface area contributed by atoms with Gasteiger partial charge in [0, 0.05) is 5.56 Å². The maximum Gasteiger partial charge on any atom is 0.129 e. The van der Waals surface area contributed by atoms with Crippen molar-refractivity contribution >= 4 is 5.57 Å². The minimum atomic E-state index is 0.935. The molecule has 0 fully saturated rings. The van der Waals surface area contributed by atoms with Crippen LogP contribution < -0.4 is 4.74 Å². The molecule has 1 rings (SSSR count). The van der Waals surface area contributed by atoms with Crippen LogP contribution in [0.3, 0.4) is 0 Å². The minimum absolute atomic E-state index is 0.935. The Morgan fingerprint density at radius 3 is 1.94 bits per heavy atom. The first-order valence-corrected chi connectivity index (χ1v) is 5.96. The van der Waals surface area contributed by atoms with Crippen LogP contribution in [0.2, 0.25) is 0 Å². The molecule has 0 amide bonds. The summed E-state index contributed by atoms with van der Waals surface area (Å²) in [6.07, 6.45) is 0. The van der Waals surface area contributed by atoms with Crippen molar-refractivity contribution in [2.75, 3.05) is 7.11 Å². The third-order valence-electron chi connectivity index (χ3n) is 1.88. The molecule has 1 aromatic carbocycles. The standard InChI is InChI=1S/C11H14O.2C2H6/c1-8(2)10-7-5-6-9(3)11(10)12-4;2*1-2/h5-7H,1H2,2-4H3;2*1-2H3. The number of benzene rings is 1. The van der Waals surface area contributed by atoms with E-state index in [1.54, 1.807) is 7.11 Å². The number of para-hydroxylation sites is 1. The van der Waals surface area contributed by atoms with Crippen LogP contribution in [0.4, 0.5) is 0 Å². The number of methoxy groups -OCH3 is 1. The van der Waals surface area contributed by atoms with Crippen LogP contribution in [-0.4, -0.2) is 7.11 Å². The SMILES string of the molecule is C=C(C)c1cccc(C)c1OC.CC.CC. The molecule has 0 bridgehead atoms. The molecule has 16 heavy (non-hydrogen) atoms. The third-order valence-corrected chi connectivity index (χ3v) is 1.88. The molecule has 0 heterocycles. The summed E-state index contributed by atoms with van der Waals surface area (Å²) in [4.78, 5) is 0. The summed E-state index contributed by atoms with van der Waals surface area (Å²) < 4.78 is 5.28. The molecule has 0 N–H and O–H groups in total. The Kier molecular flexibility index (Phi) is 11.0. The summed E-state index contributed by atoms with van der Waals surface area (Å²) in [5, 5.41) is 0. The molecule has 0 radical (unpaired) electrons. The van der Waals surface area contributed by atoms with Crippen molar-refractivity contribution in [2.45, 2.75) is 41.5 Å². The van der Waals surface area contributed by atoms with Gasteiger partial charge in [0.05, 0.1) is 7.11 Å². The maximum absolute atomic E-state index is 5.28. The summed E-state index contributed by atoms with van der Waals surface area (Å²) >= 11 is 0. The quantitative estimate of drug-likeness (QED) is 0.677. The lowest BCUT2D eigenvalue weighted by molar-refractivity contribution is 0.410. The van der Waals surface area contributed by atoms with E-state index < -0.39 is 0 Å². The Morgan fingerprint density at radius 1 is 1.12 bits per heavy atom. The van der Waals surface area contributed by atoms with Crippen LogP contribution in [0.15, 0.2) is 24.8 Å². The molecule has 0 aliphatic carbocycles. The largest absolute Gasteiger partial charge is 0.496 e. The third kappa shape index (κ3) is 5.01. The Morgan fingerprint density at radius 2 is 1.62 bits per heavy atom. The Balaban J connectivity index is 0. The Bertz CT molecular complexity index is 300. The summed E-state index contributed by atoms with van der Waals surface area (Å²) in [7, 11) is 1.69. The fourth-order valence-electron chi connectivity index (χ4n) is 1.26. The van der Waals surface area contributed by atoms with E-state index in [0.717, 1.165) is 22.4 Å². The predicted octanol–water partition coefficient (Wildman–Crippen LogP) is 5.09. The van der Waals surface area contributed by atoms with Gasteiger partial charge in [0.15, 0.2) is 0 Å². The second-order valence-electron chi connectivity index (χ2n) is 2.94. The molecule has 1 nitrogen and oxygen atoms in total. The first kappa shape index (κ1) is 17.2. The van der Waals surface area contributed by atoms with Gasteiger partial charge in [-0.05, 0) is 25.0 Å². The molecule has 0 saturated heterocycles. The predicted molar refractivity (Wildman–Crippen MR) is 75.1 cm³/mol. The molecule has 0 aliphatic rings. The van der Waals surface area contributed by atoms with Gasteiger partial charge in [0.25, 0.3) is 0 Å². The fraction of sp³-hybridized carbons (Fsp3) is 0.467. The Hall–Kier alpha value is -1.24. The zero-order valence-corrected chi connectivity index (χ0v) is 11.8. The van der Waals surface area contributed by atoms with Crippen LogP contribution in [-0.2, 0) is 0 Å². The molecule has 0 unspecified atom stereocenters. The van der Waals surface area contributed by atoms with Crippen molar-refractivity contribution in [3.05, 3.63) is 35.9 Å². The topological polar surface area (TPSA) is 9.23 Å². The van der Waals surface area contributed by atoms with Gasteiger partial charge in [-0.15, -0.1) is 0 Å². The van der Waals surface area contributed by atoms with Gasteiger partial charge in [-0.1, -0.05) is 52.5 Å². The van der Waals surface area contributed by atoms with E-state index in [0.29, 0.717) is 0 Å². The van der Waals surface area contributed by atoms with Gasteiger partial charge in [-0.25, -0.2) is 0 Å². The van der Waals surface area contributed by atoms with Crippen LogP contribution in [0.25, 0.3) is 5.57 Å². The smallest absolute Gasteiger partial charge is 0.129 e. The number of ether oxygens (including phenoxy) is 1. The highest BCUT2D eigenvalue weighted by Crippen LogP contribution is 2.27. The lowest BCUT2D eigenvalue weighted by atomic mass is 10.0. The van der Waals surface area contributed by atoms with Crippen molar-refractivity contribution in [3.8, 4) is 5.75 Å². The molecular formula is C15H26O. The highest BCUT2D eigenvalue weighted by atomic mass is 16.5. The van der Waals surface area contributed by atoms with E-state index in [1.165, 1.54) is 0 Å². The van der Waals surface area contributed by atoms with Crippen molar-refractivity contribution in [1.82, 2.24) is 0 Å². The molecule has 0 atom stereocenters. The first-order chi connectivity index (χ1) is 7.66. The van der Waals surface area contributed by atoms with E-state index in [2.05, 4.69) is 6.58 Å². The van der Waals surface area contributed by atoms with Gasteiger partial charge >= 0.3 is 0 Å². The van der Waals surface area contributed by atoms with E-state index in [1.807, 2.05) is 59.7 Å². The zero-order chi connectivity index (χ0) is 13.1. The summed E-state index contributed by atoms with van der Waals surface area (Å²) in [6, 6.07) is 6.07. The van der Waals surface area contributed by atoms with E-state index in [-0.39, 0.29) is 0 Å². The van der Waals surface area contributed by atoms with Crippen LogP contribution in [0, 0.1) is 6.92 Å². The van der Waals surface area contributed by atoms with Crippen LogP contribution in [0.5, 0.6) is 5.75 Å². The van der Waals surface area contributed by atoms with Crippen LogP contribution in [0.1, 0.15) is 45.7 Å². The Labute approximate surface area is 101 Å². The lowest BCUT2D eigenvalue weighted by Crippen LogP contribution is -1.91. The van der Waals surface area contributed by atoms with Crippen LogP contribution >= 0.6 is 0 Å². The summed E-state index contributed by atoms with van der Waals surface area (Å²) in [6.45, 7) is 15.9. The average Bonchev–Trinajstić information content (AvgIpc) is 2.33. The number of allylic oxidation sites excluding steroid dienone is 1. The molecule has 1 aromatic rings. The van der Waals surface area contributed by atoms with Crippen molar-refractivity contribution in [2.24, 2.45) is 0 Å². The van der Waals surface area contributed by atoms with Crippen molar-refractivity contribution in [1.29, 1.82) is 0 Å². The highest BCUT2D eigenvalue weighted by molar-refractivity contribution is 5.68. The second kappa shape index (κ2) is 10.3. The molecule has 0 aliphatic heterocycles. The molecule has 1 heteroatoms. The number of rotatable bonds is 2. The van der Waals surface area contributed by atoms with Crippen molar-refractivity contribution in [3.63, 3.8) is 0 Å². The van der Waals surface area contributed by atoms with Gasteiger partial charge in [0.1, 0.15) is 5.75 Å². The second-order valence-corrected chi connectivity index (χ2v) is 2.94. The average molecular weight is 222 g/mol. The minimum Gasteiger partial charge on any atom is -0.496 e. The summed E-state index contributed by atoms with van der Waals surface area (Å²) in [5.41, 5.74) is 3.28. The van der Waals surface area contributed by atoms with E-state index in [9.17, 15) is 0 Å². The van der Waals surface area contributed by atoms with Gasteiger partial charge in [-0.3, -0.25) is 0 Å². The zero-order valence-electron chi connectivity index (χ0n) is 11.8. The number of hydrogen-bond acceptors (Lipinski definition) is 1. The van der Waals surface area contributed by atoms with Gasteiger partial charge in [0.2, 0.25) is 0 Å². The highest BCUT2D eigenvalue weighted by Gasteiger charge is 2.04. The number of aryl methyl sites for hydroxylation is 1. The molecule has 0 spiro atoms. The van der Waals surface area contributed by atoms with E-state index >= 15 is 0 Å². The molecule has 92 valence electrons. The van der Waals surface area contributed by atoms with Crippen molar-refractivity contribution < 1.29 is 4.74 Å². The maximum atomic E-state index is 5.28. The summed E-state index contributed by atoms with van der Waals surface area (Å²) in [5.74, 6) is 0.935. The lowest BCUT2D eigenvalue weighted by Gasteiger charge is -2.10. The van der Waals surface area contributed by atoms with Gasteiger partial charge < -0.3 is 4.74 Å². The monoisotopic (exact) mass is 222 g/mol. The molecular weight excluding hydrogens is 196 g/mol. The fourth-order valence-corrected chi connectivity index (χ4v) is 1.26. The number of hydrogen-bond donors (Lipinski definition) is 0. The van der Waals surface area contributed by atoms with Gasteiger partial charge in [-0.2, -0.15) is 0 Å². The normalized spacial score (nSPS) is 7.94. The first-order valence-electron chi connectivity index (χ1n) is 5.96.